The molecule has 0 spiro atoms. The Bertz CT molecular complexity index is 356. The molecule has 1 heterocycles. The topological polar surface area (TPSA) is 17.8 Å². The van der Waals surface area contributed by atoms with Gasteiger partial charge in [0.2, 0.25) is 0 Å². The van der Waals surface area contributed by atoms with E-state index in [9.17, 15) is 0 Å². The molecule has 1 aromatic heterocycles. The van der Waals surface area contributed by atoms with Crippen LogP contribution in [0.5, 0.6) is 0 Å². The highest BCUT2D eigenvalue weighted by Gasteiger charge is 2.02. The van der Waals surface area contributed by atoms with Crippen LogP contribution in [0.2, 0.25) is 5.15 Å². The van der Waals surface area contributed by atoms with Gasteiger partial charge in [0, 0.05) is 12.4 Å². The summed E-state index contributed by atoms with van der Waals surface area (Å²) in [6.45, 7) is 0. The largest absolute Gasteiger partial charge is 0.266 e. The van der Waals surface area contributed by atoms with Crippen molar-refractivity contribution in [3.8, 4) is 0 Å². The molecule has 0 atom stereocenters. The highest BCUT2D eigenvalue weighted by molar-refractivity contribution is 6.34. The maximum Gasteiger partial charge on any atom is 0.158 e. The molecule has 2 aromatic rings. The van der Waals surface area contributed by atoms with E-state index in [1.807, 2.05) is 31.3 Å². The third-order valence-electron chi connectivity index (χ3n) is 1.71. The fourth-order valence-electron chi connectivity index (χ4n) is 1.17. The molecular formula is C8H7ClN2. The number of hydrogen-bond donors (Lipinski definition) is 0. The van der Waals surface area contributed by atoms with Crippen molar-refractivity contribution in [1.82, 2.24) is 9.78 Å². The van der Waals surface area contributed by atoms with Gasteiger partial charge in [0.25, 0.3) is 0 Å². The summed E-state index contributed by atoms with van der Waals surface area (Å²) in [5.74, 6) is 0. The lowest BCUT2D eigenvalue weighted by atomic mass is 10.3. The number of rotatable bonds is 0. The normalized spacial score (nSPS) is 10.7. The quantitative estimate of drug-likeness (QED) is 0.587. The second kappa shape index (κ2) is 2.24. The lowest BCUT2D eigenvalue weighted by Crippen LogP contribution is -1.87. The molecule has 0 aliphatic rings. The molecule has 2 rings (SSSR count). The minimum Gasteiger partial charge on any atom is -0.266 e. The summed E-state index contributed by atoms with van der Waals surface area (Å²) in [6.07, 6.45) is 0. The van der Waals surface area contributed by atoms with Crippen LogP contribution in [0.15, 0.2) is 24.3 Å². The molecule has 0 aliphatic carbocycles. The molecule has 0 saturated carbocycles. The molecule has 1 aromatic carbocycles. The van der Waals surface area contributed by atoms with Crippen molar-refractivity contribution >= 4 is 22.5 Å². The second-order valence-corrected chi connectivity index (χ2v) is 2.79. The molecule has 3 heteroatoms. The summed E-state index contributed by atoms with van der Waals surface area (Å²) in [4.78, 5) is 0. The number of halogens is 1. The zero-order valence-corrected chi connectivity index (χ0v) is 6.84. The van der Waals surface area contributed by atoms with Crippen molar-refractivity contribution < 1.29 is 0 Å². The van der Waals surface area contributed by atoms with Crippen LogP contribution in [-0.2, 0) is 7.05 Å². The molecule has 0 radical (unpaired) electrons. The summed E-state index contributed by atoms with van der Waals surface area (Å²) in [5.41, 5.74) is 1.07. The number of para-hydroxylation sites is 1. The Morgan fingerprint density at radius 3 is 2.82 bits per heavy atom. The van der Waals surface area contributed by atoms with Gasteiger partial charge in [-0.15, -0.1) is 0 Å². The summed E-state index contributed by atoms with van der Waals surface area (Å²) in [5, 5.41) is 5.66. The van der Waals surface area contributed by atoms with Gasteiger partial charge in [-0.05, 0) is 12.1 Å². The molecule has 0 amide bonds. The van der Waals surface area contributed by atoms with Gasteiger partial charge < -0.3 is 0 Å². The van der Waals surface area contributed by atoms with Gasteiger partial charge in [-0.1, -0.05) is 23.7 Å². The Morgan fingerprint density at radius 1 is 1.36 bits per heavy atom. The zero-order chi connectivity index (χ0) is 7.84. The van der Waals surface area contributed by atoms with E-state index in [4.69, 9.17) is 11.6 Å². The molecule has 0 aliphatic heterocycles. The minimum absolute atomic E-state index is 0.572. The fourth-order valence-corrected chi connectivity index (χ4v) is 1.44. The van der Waals surface area contributed by atoms with Gasteiger partial charge in [0.15, 0.2) is 5.15 Å². The highest BCUT2D eigenvalue weighted by Crippen LogP contribution is 2.20. The van der Waals surface area contributed by atoms with E-state index in [1.165, 1.54) is 0 Å². The number of benzene rings is 1. The standard InChI is InChI=1S/C8H7ClN2/c1-11-7-5-3-2-4-6(7)8(9)10-11/h2-5H,1H3. The first-order valence-electron chi connectivity index (χ1n) is 3.36. The predicted octanol–water partition coefficient (Wildman–Crippen LogP) is 2.23. The monoisotopic (exact) mass is 166 g/mol. The second-order valence-electron chi connectivity index (χ2n) is 2.43. The lowest BCUT2D eigenvalue weighted by molar-refractivity contribution is 0.797. The van der Waals surface area contributed by atoms with Gasteiger partial charge in [0.05, 0.1) is 5.52 Å². The summed E-state index contributed by atoms with van der Waals surface area (Å²) >= 11 is 5.85. The van der Waals surface area contributed by atoms with E-state index in [0.717, 1.165) is 10.9 Å². The van der Waals surface area contributed by atoms with Crippen molar-refractivity contribution in [3.63, 3.8) is 0 Å². The Hall–Kier alpha value is -1.02. The van der Waals surface area contributed by atoms with Crippen LogP contribution in [0, 0.1) is 0 Å². The maximum atomic E-state index is 5.85. The van der Waals surface area contributed by atoms with Crippen LogP contribution in [0.25, 0.3) is 10.9 Å². The van der Waals surface area contributed by atoms with Crippen LogP contribution < -0.4 is 0 Å². The van der Waals surface area contributed by atoms with Crippen LogP contribution in [0.4, 0.5) is 0 Å². The zero-order valence-electron chi connectivity index (χ0n) is 6.08. The number of hydrogen-bond acceptors (Lipinski definition) is 1. The number of nitrogens with zero attached hydrogens (tertiary/aromatic N) is 2. The molecule has 0 bridgehead atoms. The third kappa shape index (κ3) is 0.906. The average Bonchev–Trinajstić information content (AvgIpc) is 2.30. The molecule has 0 fully saturated rings. The van der Waals surface area contributed by atoms with E-state index < -0.39 is 0 Å². The SMILES string of the molecule is Cn1nc(Cl)c2ccccc21. The molecule has 11 heavy (non-hydrogen) atoms. The average molecular weight is 167 g/mol. The van der Waals surface area contributed by atoms with E-state index in [0.29, 0.717) is 5.15 Å². The van der Waals surface area contributed by atoms with Gasteiger partial charge in [-0.3, -0.25) is 4.68 Å². The Labute approximate surface area is 69.4 Å². The molecule has 0 unspecified atom stereocenters. The van der Waals surface area contributed by atoms with E-state index in [2.05, 4.69) is 5.10 Å². The van der Waals surface area contributed by atoms with Crippen molar-refractivity contribution in [2.45, 2.75) is 0 Å². The fraction of sp³-hybridized carbons (Fsp3) is 0.125. The van der Waals surface area contributed by atoms with Gasteiger partial charge in [-0.2, -0.15) is 5.10 Å². The maximum absolute atomic E-state index is 5.85. The Balaban J connectivity index is 2.95. The smallest absolute Gasteiger partial charge is 0.158 e. The van der Waals surface area contributed by atoms with Crippen LogP contribution >= 0.6 is 11.6 Å². The van der Waals surface area contributed by atoms with Crippen molar-refractivity contribution in [1.29, 1.82) is 0 Å². The van der Waals surface area contributed by atoms with Crippen LogP contribution in [0.1, 0.15) is 0 Å². The van der Waals surface area contributed by atoms with Crippen LogP contribution in [0.3, 0.4) is 0 Å². The lowest BCUT2D eigenvalue weighted by Gasteiger charge is -1.89. The van der Waals surface area contributed by atoms with Crippen molar-refractivity contribution in [2.24, 2.45) is 7.05 Å². The van der Waals surface area contributed by atoms with Gasteiger partial charge >= 0.3 is 0 Å². The summed E-state index contributed by atoms with van der Waals surface area (Å²) < 4.78 is 1.78. The number of fused-ring (bicyclic) bond motifs is 1. The molecule has 56 valence electrons. The van der Waals surface area contributed by atoms with Gasteiger partial charge in [0.1, 0.15) is 0 Å². The molecule has 0 N–H and O–H groups in total. The highest BCUT2D eigenvalue weighted by atomic mass is 35.5. The minimum atomic E-state index is 0.572. The predicted molar refractivity (Wildman–Crippen MR) is 45.7 cm³/mol. The first-order valence-corrected chi connectivity index (χ1v) is 3.74. The molecular weight excluding hydrogens is 160 g/mol. The first-order chi connectivity index (χ1) is 5.29. The van der Waals surface area contributed by atoms with Crippen molar-refractivity contribution in [3.05, 3.63) is 29.4 Å². The molecule has 2 nitrogen and oxygen atoms in total. The number of aromatic nitrogens is 2. The number of aryl methyl sites for hydroxylation is 1. The summed E-state index contributed by atoms with van der Waals surface area (Å²) in [7, 11) is 1.88. The Kier molecular flexibility index (Phi) is 1.36. The first kappa shape index (κ1) is 6.68. The van der Waals surface area contributed by atoms with Crippen molar-refractivity contribution in [2.75, 3.05) is 0 Å². The Morgan fingerprint density at radius 2 is 2.09 bits per heavy atom. The van der Waals surface area contributed by atoms with E-state index >= 15 is 0 Å². The summed E-state index contributed by atoms with van der Waals surface area (Å²) in [6, 6.07) is 7.88. The van der Waals surface area contributed by atoms with Gasteiger partial charge in [-0.25, -0.2) is 0 Å². The van der Waals surface area contributed by atoms with Crippen LogP contribution in [-0.4, -0.2) is 9.78 Å². The molecule has 0 saturated heterocycles. The van der Waals surface area contributed by atoms with E-state index in [-0.39, 0.29) is 0 Å². The van der Waals surface area contributed by atoms with E-state index in [1.54, 1.807) is 4.68 Å². The third-order valence-corrected chi connectivity index (χ3v) is 1.99.